The van der Waals surface area contributed by atoms with E-state index >= 15 is 0 Å². The van der Waals surface area contributed by atoms with Gasteiger partial charge in [-0.25, -0.2) is 4.68 Å². The van der Waals surface area contributed by atoms with Crippen LogP contribution >= 0.6 is 0 Å². The maximum Gasteiger partial charge on any atom is 0.267 e. The molecule has 0 spiro atoms. The molecule has 6 heteroatoms. The van der Waals surface area contributed by atoms with Crippen molar-refractivity contribution < 1.29 is 4.74 Å². The molecule has 0 amide bonds. The van der Waals surface area contributed by atoms with Crippen LogP contribution in [0.5, 0.6) is 11.5 Å². The highest BCUT2D eigenvalue weighted by Crippen LogP contribution is 2.36. The predicted octanol–water partition coefficient (Wildman–Crippen LogP) is 3.64. The van der Waals surface area contributed by atoms with Crippen LogP contribution in [0.25, 0.3) is 22.4 Å². The average molecular weight is 358 g/mol. The molecular weight excluding hydrogens is 340 g/mol. The number of aromatic nitrogens is 4. The highest BCUT2D eigenvalue weighted by atomic mass is 16.5. The third kappa shape index (κ3) is 3.37. The molecule has 4 aromatic rings. The highest BCUT2D eigenvalue weighted by molar-refractivity contribution is 5.82. The smallest absolute Gasteiger partial charge is 0.267 e. The quantitative estimate of drug-likeness (QED) is 0.559. The first-order valence-corrected chi connectivity index (χ1v) is 8.51. The number of aryl methyl sites for hydroxylation is 2. The van der Waals surface area contributed by atoms with E-state index in [4.69, 9.17) is 4.74 Å². The van der Waals surface area contributed by atoms with Gasteiger partial charge < -0.3 is 4.74 Å². The van der Waals surface area contributed by atoms with Crippen molar-refractivity contribution in [2.45, 2.75) is 0 Å². The summed E-state index contributed by atoms with van der Waals surface area (Å²) < 4.78 is 9.11. The average Bonchev–Trinajstić information content (AvgIpc) is 3.11. The van der Waals surface area contributed by atoms with Gasteiger partial charge in [0.15, 0.2) is 0 Å². The Morgan fingerprint density at radius 1 is 0.926 bits per heavy atom. The zero-order valence-corrected chi connectivity index (χ0v) is 15.0. The van der Waals surface area contributed by atoms with Gasteiger partial charge >= 0.3 is 0 Å². The number of rotatable bonds is 4. The van der Waals surface area contributed by atoms with Crippen LogP contribution in [0, 0.1) is 0 Å². The van der Waals surface area contributed by atoms with E-state index < -0.39 is 0 Å². The molecule has 4 rings (SSSR count). The molecule has 6 nitrogen and oxygen atoms in total. The van der Waals surface area contributed by atoms with E-state index in [1.54, 1.807) is 24.0 Å². The Balaban J connectivity index is 1.89. The minimum absolute atomic E-state index is 0.181. The predicted molar refractivity (Wildman–Crippen MR) is 104 cm³/mol. The number of benzene rings is 2. The monoisotopic (exact) mass is 358 g/mol. The Hall–Kier alpha value is -3.67. The van der Waals surface area contributed by atoms with Crippen LogP contribution in [0.4, 0.5) is 0 Å². The zero-order chi connectivity index (χ0) is 18.8. The number of hydrogen-bond donors (Lipinski definition) is 0. The normalized spacial score (nSPS) is 10.7. The van der Waals surface area contributed by atoms with Gasteiger partial charge in [-0.2, -0.15) is 10.2 Å². The second-order valence-corrected chi connectivity index (χ2v) is 6.18. The van der Waals surface area contributed by atoms with Gasteiger partial charge in [0.2, 0.25) is 0 Å². The first kappa shape index (κ1) is 16.8. The first-order chi connectivity index (χ1) is 13.1. The van der Waals surface area contributed by atoms with Gasteiger partial charge in [-0.05, 0) is 24.3 Å². The maximum atomic E-state index is 12.2. The largest absolute Gasteiger partial charge is 0.457 e. The second-order valence-electron chi connectivity index (χ2n) is 6.18. The van der Waals surface area contributed by atoms with Crippen LogP contribution in [-0.4, -0.2) is 19.6 Å². The third-order valence-electron chi connectivity index (χ3n) is 4.22. The van der Waals surface area contributed by atoms with E-state index in [0.717, 1.165) is 22.4 Å². The molecule has 2 aromatic carbocycles. The van der Waals surface area contributed by atoms with E-state index in [1.807, 2.05) is 67.8 Å². The molecule has 0 atom stereocenters. The number of nitrogens with zero attached hydrogens (tertiary/aromatic N) is 4. The lowest BCUT2D eigenvalue weighted by Gasteiger charge is -2.14. The van der Waals surface area contributed by atoms with Crippen LogP contribution in [-0.2, 0) is 14.1 Å². The fraction of sp³-hybridized carbons (Fsp3) is 0.0952. The SMILES string of the molecule is Cn1cc(-c2cc(=O)n(C)nc2-c2ccccc2Oc2ccccc2)cn1. The standard InChI is InChI=1S/C21H18N4O2/c1-24-14-15(13-22-24)18-12-20(26)25(2)23-21(18)17-10-6-7-11-19(17)27-16-8-4-3-5-9-16/h3-14H,1-2H3. The molecule has 0 aliphatic rings. The van der Waals surface area contributed by atoms with Gasteiger partial charge in [0, 0.05) is 43.0 Å². The van der Waals surface area contributed by atoms with Crippen LogP contribution in [0.15, 0.2) is 77.9 Å². The lowest BCUT2D eigenvalue weighted by Crippen LogP contribution is -2.19. The fourth-order valence-corrected chi connectivity index (χ4v) is 2.88. The van der Waals surface area contributed by atoms with Crippen LogP contribution in [0.2, 0.25) is 0 Å². The minimum Gasteiger partial charge on any atom is -0.457 e. The van der Waals surface area contributed by atoms with Gasteiger partial charge in [-0.3, -0.25) is 9.48 Å². The van der Waals surface area contributed by atoms with Crippen molar-refractivity contribution in [2.75, 3.05) is 0 Å². The van der Waals surface area contributed by atoms with Crippen molar-refractivity contribution in [1.82, 2.24) is 19.6 Å². The summed E-state index contributed by atoms with van der Waals surface area (Å²) in [7, 11) is 3.48. The first-order valence-electron chi connectivity index (χ1n) is 8.51. The van der Waals surface area contributed by atoms with Crippen molar-refractivity contribution >= 4 is 0 Å². The molecule has 0 saturated heterocycles. The maximum absolute atomic E-state index is 12.2. The highest BCUT2D eigenvalue weighted by Gasteiger charge is 2.17. The molecular formula is C21H18N4O2. The van der Waals surface area contributed by atoms with E-state index in [9.17, 15) is 4.79 Å². The molecule has 2 aromatic heterocycles. The molecule has 0 radical (unpaired) electrons. The third-order valence-corrected chi connectivity index (χ3v) is 4.22. The molecule has 0 saturated carbocycles. The van der Waals surface area contributed by atoms with E-state index in [-0.39, 0.29) is 5.56 Å². The summed E-state index contributed by atoms with van der Waals surface area (Å²) in [6.07, 6.45) is 3.58. The Kier molecular flexibility index (Phi) is 4.30. The van der Waals surface area contributed by atoms with Crippen molar-refractivity contribution in [2.24, 2.45) is 14.1 Å². The summed E-state index contributed by atoms with van der Waals surface area (Å²) in [5, 5.41) is 8.74. The Bertz CT molecular complexity index is 1150. The molecule has 27 heavy (non-hydrogen) atoms. The summed E-state index contributed by atoms with van der Waals surface area (Å²) in [5.74, 6) is 1.40. The topological polar surface area (TPSA) is 61.9 Å². The fourth-order valence-electron chi connectivity index (χ4n) is 2.88. The van der Waals surface area contributed by atoms with Crippen LogP contribution in [0.1, 0.15) is 0 Å². The van der Waals surface area contributed by atoms with Crippen LogP contribution in [0.3, 0.4) is 0 Å². The Morgan fingerprint density at radius 2 is 1.67 bits per heavy atom. The van der Waals surface area contributed by atoms with Gasteiger partial charge in [0.05, 0.1) is 6.20 Å². The summed E-state index contributed by atoms with van der Waals surface area (Å²) in [4.78, 5) is 12.2. The van der Waals surface area contributed by atoms with E-state index in [1.165, 1.54) is 4.68 Å². The zero-order valence-electron chi connectivity index (χ0n) is 15.0. The number of ether oxygens (including phenoxy) is 1. The molecule has 2 heterocycles. The summed E-state index contributed by atoms with van der Waals surface area (Å²) in [6, 6.07) is 18.8. The van der Waals surface area contributed by atoms with Gasteiger partial charge in [0.1, 0.15) is 17.2 Å². The lowest BCUT2D eigenvalue weighted by atomic mass is 10.0. The summed E-state index contributed by atoms with van der Waals surface area (Å²) >= 11 is 0. The number of para-hydroxylation sites is 2. The van der Waals surface area contributed by atoms with Crippen molar-refractivity contribution in [3.63, 3.8) is 0 Å². The van der Waals surface area contributed by atoms with Crippen molar-refractivity contribution in [3.05, 3.63) is 83.4 Å². The van der Waals surface area contributed by atoms with Gasteiger partial charge in [-0.1, -0.05) is 30.3 Å². The molecule has 0 aliphatic heterocycles. The second kappa shape index (κ2) is 6.92. The summed E-state index contributed by atoms with van der Waals surface area (Å²) in [5.41, 5.74) is 2.83. The lowest BCUT2D eigenvalue weighted by molar-refractivity contribution is 0.484. The van der Waals surface area contributed by atoms with Crippen molar-refractivity contribution in [1.29, 1.82) is 0 Å². The molecule has 134 valence electrons. The minimum atomic E-state index is -0.181. The Labute approximate surface area is 156 Å². The van der Waals surface area contributed by atoms with E-state index in [0.29, 0.717) is 11.4 Å². The van der Waals surface area contributed by atoms with Crippen LogP contribution < -0.4 is 10.3 Å². The van der Waals surface area contributed by atoms with Gasteiger partial charge in [-0.15, -0.1) is 0 Å². The molecule has 0 unspecified atom stereocenters. The molecule has 0 bridgehead atoms. The van der Waals surface area contributed by atoms with Gasteiger partial charge in [0.25, 0.3) is 5.56 Å². The molecule has 0 fully saturated rings. The molecule has 0 N–H and O–H groups in total. The molecule has 0 aliphatic carbocycles. The van der Waals surface area contributed by atoms with E-state index in [2.05, 4.69) is 10.2 Å². The number of hydrogen-bond acceptors (Lipinski definition) is 4. The summed E-state index contributed by atoms with van der Waals surface area (Å²) in [6.45, 7) is 0. The van der Waals surface area contributed by atoms with Crippen molar-refractivity contribution in [3.8, 4) is 33.9 Å². The Morgan fingerprint density at radius 3 is 2.41 bits per heavy atom.